The first kappa shape index (κ1) is 11.4. The van der Waals surface area contributed by atoms with Crippen molar-refractivity contribution in [1.29, 1.82) is 0 Å². The van der Waals surface area contributed by atoms with Crippen LogP contribution >= 0.6 is 11.6 Å². The van der Waals surface area contributed by atoms with Crippen LogP contribution in [0.4, 0.5) is 4.39 Å². The molecule has 0 spiro atoms. The second-order valence-corrected chi connectivity index (χ2v) is 4.31. The van der Waals surface area contributed by atoms with Crippen LogP contribution in [0.5, 0.6) is 0 Å². The average molecular weight is 242 g/mol. The lowest BCUT2D eigenvalue weighted by Crippen LogP contribution is -2.29. The summed E-state index contributed by atoms with van der Waals surface area (Å²) in [6, 6.07) is 4.38. The molecule has 4 heteroatoms. The Morgan fingerprint density at radius 2 is 2.19 bits per heavy atom. The predicted octanol–water partition coefficient (Wildman–Crippen LogP) is 2.91. The Balaban J connectivity index is 2.31. The number of nitrogens with one attached hydrogen (secondary N) is 1. The van der Waals surface area contributed by atoms with Crippen molar-refractivity contribution < 1.29 is 9.50 Å². The maximum absolute atomic E-state index is 12.9. The van der Waals surface area contributed by atoms with Crippen molar-refractivity contribution in [2.45, 2.75) is 26.0 Å². The molecule has 1 aliphatic carbocycles. The van der Waals surface area contributed by atoms with Crippen LogP contribution < -0.4 is 5.32 Å². The zero-order valence-electron chi connectivity index (χ0n) is 8.93. The van der Waals surface area contributed by atoms with Gasteiger partial charge in [0.1, 0.15) is 12.0 Å². The average Bonchev–Trinajstić information content (AvgIpc) is 2.17. The first-order chi connectivity index (χ1) is 7.58. The van der Waals surface area contributed by atoms with Gasteiger partial charge in [0, 0.05) is 5.70 Å². The van der Waals surface area contributed by atoms with Crippen LogP contribution in [0.3, 0.4) is 0 Å². The van der Waals surface area contributed by atoms with E-state index in [0.717, 1.165) is 29.7 Å². The summed E-state index contributed by atoms with van der Waals surface area (Å²) < 4.78 is 12.9. The van der Waals surface area contributed by atoms with E-state index in [2.05, 4.69) is 5.32 Å². The summed E-state index contributed by atoms with van der Waals surface area (Å²) in [7, 11) is 0. The molecule has 16 heavy (non-hydrogen) atoms. The lowest BCUT2D eigenvalue weighted by Gasteiger charge is -2.27. The molecule has 0 radical (unpaired) electrons. The van der Waals surface area contributed by atoms with E-state index in [1.165, 1.54) is 12.1 Å². The van der Waals surface area contributed by atoms with Gasteiger partial charge in [0.05, 0.1) is 5.02 Å². The van der Waals surface area contributed by atoms with Crippen molar-refractivity contribution in [3.63, 3.8) is 0 Å². The van der Waals surface area contributed by atoms with E-state index in [0.29, 0.717) is 5.02 Å². The van der Waals surface area contributed by atoms with Gasteiger partial charge in [-0.25, -0.2) is 4.39 Å². The lowest BCUT2D eigenvalue weighted by atomic mass is 9.88. The molecule has 0 aliphatic heterocycles. The van der Waals surface area contributed by atoms with Crippen molar-refractivity contribution in [3.05, 3.63) is 40.3 Å². The number of aliphatic hydroxyl groups excluding tert-OH is 1. The zero-order chi connectivity index (χ0) is 11.7. The van der Waals surface area contributed by atoms with Crippen LogP contribution in [0.25, 0.3) is 5.57 Å². The van der Waals surface area contributed by atoms with Crippen LogP contribution in [0.1, 0.15) is 25.3 Å². The lowest BCUT2D eigenvalue weighted by molar-refractivity contribution is 0.166. The number of hydrogen-bond donors (Lipinski definition) is 2. The molecule has 0 heterocycles. The number of halogens is 2. The molecule has 1 aliphatic rings. The molecule has 0 amide bonds. The van der Waals surface area contributed by atoms with Crippen LogP contribution in [-0.4, -0.2) is 11.3 Å². The maximum Gasteiger partial charge on any atom is 0.124 e. The maximum atomic E-state index is 12.9. The molecule has 86 valence electrons. The standard InChI is InChI=1S/C12H13ClFNO/c1-7(16)15-12-5-4-10(12)9-3-2-8(14)6-11(9)13/h2-3,6-7,15-16H,4-5H2,1H3. The normalized spacial score (nSPS) is 17.0. The molecular weight excluding hydrogens is 229 g/mol. The van der Waals surface area contributed by atoms with Gasteiger partial charge in [-0.1, -0.05) is 17.7 Å². The van der Waals surface area contributed by atoms with Crippen LogP contribution in [0, 0.1) is 5.82 Å². The summed E-state index contributed by atoms with van der Waals surface area (Å²) in [6.45, 7) is 1.66. The van der Waals surface area contributed by atoms with Crippen molar-refractivity contribution in [1.82, 2.24) is 5.32 Å². The van der Waals surface area contributed by atoms with Gasteiger partial charge in [0.15, 0.2) is 0 Å². The summed E-state index contributed by atoms with van der Waals surface area (Å²) in [5.41, 5.74) is 2.90. The minimum absolute atomic E-state index is 0.335. The Morgan fingerprint density at radius 1 is 1.44 bits per heavy atom. The second-order valence-electron chi connectivity index (χ2n) is 3.90. The largest absolute Gasteiger partial charge is 0.374 e. The van der Waals surface area contributed by atoms with E-state index in [4.69, 9.17) is 11.6 Å². The topological polar surface area (TPSA) is 32.3 Å². The Morgan fingerprint density at radius 3 is 2.69 bits per heavy atom. The van der Waals surface area contributed by atoms with Crippen molar-refractivity contribution >= 4 is 17.2 Å². The molecule has 0 aromatic heterocycles. The smallest absolute Gasteiger partial charge is 0.124 e. The fourth-order valence-electron chi connectivity index (χ4n) is 1.82. The predicted molar refractivity (Wildman–Crippen MR) is 62.4 cm³/mol. The SMILES string of the molecule is CC(O)NC1=C(c2ccc(F)cc2Cl)CC1. The molecule has 1 unspecified atom stereocenters. The fraction of sp³-hybridized carbons (Fsp3) is 0.333. The number of benzene rings is 1. The van der Waals surface area contributed by atoms with Crippen LogP contribution in [0.2, 0.25) is 5.02 Å². The van der Waals surface area contributed by atoms with E-state index < -0.39 is 6.23 Å². The first-order valence-electron chi connectivity index (χ1n) is 5.20. The van der Waals surface area contributed by atoms with Crippen molar-refractivity contribution in [2.75, 3.05) is 0 Å². The van der Waals surface area contributed by atoms with Gasteiger partial charge in [0.25, 0.3) is 0 Å². The molecule has 1 aromatic carbocycles. The number of hydrogen-bond acceptors (Lipinski definition) is 2. The van der Waals surface area contributed by atoms with Gasteiger partial charge in [-0.05, 0) is 43.0 Å². The molecular formula is C12H13ClFNO. The number of allylic oxidation sites excluding steroid dienone is 2. The van der Waals surface area contributed by atoms with E-state index in [-0.39, 0.29) is 5.82 Å². The molecule has 1 aromatic rings. The van der Waals surface area contributed by atoms with Gasteiger partial charge < -0.3 is 10.4 Å². The van der Waals surface area contributed by atoms with E-state index in [1.807, 2.05) is 0 Å². The number of aliphatic hydroxyl groups is 1. The highest BCUT2D eigenvalue weighted by atomic mass is 35.5. The molecule has 0 saturated heterocycles. The quantitative estimate of drug-likeness (QED) is 0.798. The highest BCUT2D eigenvalue weighted by Gasteiger charge is 2.21. The van der Waals surface area contributed by atoms with E-state index in [9.17, 15) is 9.50 Å². The Labute approximate surface area is 98.7 Å². The van der Waals surface area contributed by atoms with E-state index in [1.54, 1.807) is 13.0 Å². The van der Waals surface area contributed by atoms with Gasteiger partial charge >= 0.3 is 0 Å². The number of rotatable bonds is 3. The zero-order valence-corrected chi connectivity index (χ0v) is 9.68. The van der Waals surface area contributed by atoms with Gasteiger partial charge in [-0.15, -0.1) is 0 Å². The third kappa shape index (κ3) is 2.20. The minimum Gasteiger partial charge on any atom is -0.374 e. The minimum atomic E-state index is -0.579. The van der Waals surface area contributed by atoms with Crippen LogP contribution in [0.15, 0.2) is 23.9 Å². The molecule has 0 bridgehead atoms. The summed E-state index contributed by atoms with van der Waals surface area (Å²) in [5.74, 6) is -0.335. The molecule has 0 saturated carbocycles. The Bertz CT molecular complexity index is 443. The summed E-state index contributed by atoms with van der Waals surface area (Å²) >= 11 is 5.97. The molecule has 0 fully saturated rings. The molecule has 1 atom stereocenters. The van der Waals surface area contributed by atoms with Gasteiger partial charge in [-0.2, -0.15) is 0 Å². The highest BCUT2D eigenvalue weighted by Crippen LogP contribution is 2.38. The van der Waals surface area contributed by atoms with Crippen molar-refractivity contribution in [2.24, 2.45) is 0 Å². The third-order valence-electron chi connectivity index (χ3n) is 2.63. The van der Waals surface area contributed by atoms with E-state index >= 15 is 0 Å². The molecule has 2 rings (SSSR count). The van der Waals surface area contributed by atoms with Gasteiger partial charge in [-0.3, -0.25) is 0 Å². The third-order valence-corrected chi connectivity index (χ3v) is 2.94. The second kappa shape index (κ2) is 4.44. The first-order valence-corrected chi connectivity index (χ1v) is 5.58. The van der Waals surface area contributed by atoms with Crippen LogP contribution in [-0.2, 0) is 0 Å². The summed E-state index contributed by atoms with van der Waals surface area (Å²) in [6.07, 6.45) is 1.22. The fourth-order valence-corrected chi connectivity index (χ4v) is 2.10. The van der Waals surface area contributed by atoms with Gasteiger partial charge in [0.2, 0.25) is 0 Å². The Hall–Kier alpha value is -1.06. The highest BCUT2D eigenvalue weighted by molar-refractivity contribution is 6.32. The molecule has 2 nitrogen and oxygen atoms in total. The summed E-state index contributed by atoms with van der Waals surface area (Å²) in [4.78, 5) is 0. The Kier molecular flexibility index (Phi) is 3.17. The summed E-state index contributed by atoms with van der Waals surface area (Å²) in [5, 5.41) is 12.6. The van der Waals surface area contributed by atoms with Crippen molar-refractivity contribution in [3.8, 4) is 0 Å². The molecule has 2 N–H and O–H groups in total. The monoisotopic (exact) mass is 241 g/mol.